The highest BCUT2D eigenvalue weighted by Crippen LogP contribution is 2.27. The van der Waals surface area contributed by atoms with Gasteiger partial charge in [0, 0.05) is 36.7 Å². The van der Waals surface area contributed by atoms with E-state index in [4.69, 9.17) is 0 Å². The fourth-order valence-electron chi connectivity index (χ4n) is 2.33. The van der Waals surface area contributed by atoms with Gasteiger partial charge in [-0.25, -0.2) is 9.97 Å². The predicted molar refractivity (Wildman–Crippen MR) is 84.3 cm³/mol. The standard InChI is InChI=1S/C14H24N4S/c1-3-5-12-13(15-6-4-2)16-11-17-14(12)18-7-9-19-10-8-18/h11H,3-10H2,1-2H3,(H,15,16,17). The maximum absolute atomic E-state index is 4.56. The maximum atomic E-state index is 4.56. The first-order valence-corrected chi connectivity index (χ1v) is 8.42. The second-order valence-electron chi connectivity index (χ2n) is 4.80. The van der Waals surface area contributed by atoms with Crippen LogP contribution in [0.15, 0.2) is 6.33 Å². The monoisotopic (exact) mass is 280 g/mol. The summed E-state index contributed by atoms with van der Waals surface area (Å²) in [6, 6.07) is 0. The Morgan fingerprint density at radius 2 is 2.00 bits per heavy atom. The van der Waals surface area contributed by atoms with E-state index in [9.17, 15) is 0 Å². The molecule has 1 aromatic heterocycles. The molecule has 0 atom stereocenters. The van der Waals surface area contributed by atoms with Gasteiger partial charge in [-0.05, 0) is 12.8 Å². The van der Waals surface area contributed by atoms with Crippen LogP contribution in [-0.2, 0) is 6.42 Å². The summed E-state index contributed by atoms with van der Waals surface area (Å²) < 4.78 is 0. The molecule has 0 radical (unpaired) electrons. The van der Waals surface area contributed by atoms with Gasteiger partial charge < -0.3 is 10.2 Å². The molecule has 0 saturated carbocycles. The highest BCUT2D eigenvalue weighted by atomic mass is 32.2. The quantitative estimate of drug-likeness (QED) is 0.868. The van der Waals surface area contributed by atoms with Gasteiger partial charge in [0.05, 0.1) is 0 Å². The first-order chi connectivity index (χ1) is 9.36. The van der Waals surface area contributed by atoms with Crippen LogP contribution in [0.4, 0.5) is 11.6 Å². The molecule has 1 aromatic rings. The maximum Gasteiger partial charge on any atom is 0.137 e. The smallest absolute Gasteiger partial charge is 0.137 e. The number of hydrogen-bond donors (Lipinski definition) is 1. The van der Waals surface area contributed by atoms with E-state index in [-0.39, 0.29) is 0 Å². The van der Waals surface area contributed by atoms with Gasteiger partial charge in [-0.2, -0.15) is 11.8 Å². The normalized spacial score (nSPS) is 15.6. The van der Waals surface area contributed by atoms with E-state index in [1.165, 1.54) is 17.1 Å². The van der Waals surface area contributed by atoms with Gasteiger partial charge in [0.15, 0.2) is 0 Å². The number of hydrogen-bond acceptors (Lipinski definition) is 5. The highest BCUT2D eigenvalue weighted by Gasteiger charge is 2.18. The zero-order chi connectivity index (χ0) is 13.5. The summed E-state index contributed by atoms with van der Waals surface area (Å²) in [7, 11) is 0. The summed E-state index contributed by atoms with van der Waals surface area (Å²) in [5.74, 6) is 4.59. The van der Waals surface area contributed by atoms with Gasteiger partial charge in [-0.1, -0.05) is 20.3 Å². The van der Waals surface area contributed by atoms with Crippen molar-refractivity contribution in [2.75, 3.05) is 41.4 Å². The zero-order valence-electron chi connectivity index (χ0n) is 12.0. The Kier molecular flexibility index (Phi) is 5.76. The largest absolute Gasteiger partial charge is 0.370 e. The molecule has 0 aromatic carbocycles. The molecule has 0 unspecified atom stereocenters. The van der Waals surface area contributed by atoms with Crippen LogP contribution >= 0.6 is 11.8 Å². The number of nitrogens with one attached hydrogen (secondary N) is 1. The minimum absolute atomic E-state index is 0.975. The van der Waals surface area contributed by atoms with E-state index in [1.54, 1.807) is 6.33 Å². The van der Waals surface area contributed by atoms with Crippen LogP contribution in [0.2, 0.25) is 0 Å². The molecule has 19 heavy (non-hydrogen) atoms. The van der Waals surface area contributed by atoms with Gasteiger partial charge >= 0.3 is 0 Å². The lowest BCUT2D eigenvalue weighted by molar-refractivity contribution is 0.806. The average molecular weight is 280 g/mol. The van der Waals surface area contributed by atoms with Crippen molar-refractivity contribution >= 4 is 23.4 Å². The SMILES string of the molecule is CCCNc1ncnc(N2CCSCC2)c1CCC. The fraction of sp³-hybridized carbons (Fsp3) is 0.714. The molecule has 2 heterocycles. The van der Waals surface area contributed by atoms with Crippen molar-refractivity contribution in [3.05, 3.63) is 11.9 Å². The number of anilines is 2. The zero-order valence-corrected chi connectivity index (χ0v) is 12.8. The van der Waals surface area contributed by atoms with Crippen LogP contribution in [0.25, 0.3) is 0 Å². The summed E-state index contributed by atoms with van der Waals surface area (Å²) in [6.45, 7) is 7.57. The third kappa shape index (κ3) is 3.75. The van der Waals surface area contributed by atoms with Crippen molar-refractivity contribution < 1.29 is 0 Å². The number of aromatic nitrogens is 2. The van der Waals surface area contributed by atoms with Crippen molar-refractivity contribution in [2.24, 2.45) is 0 Å². The van der Waals surface area contributed by atoms with Gasteiger partial charge in [0.25, 0.3) is 0 Å². The van der Waals surface area contributed by atoms with Gasteiger partial charge in [0.2, 0.25) is 0 Å². The molecular formula is C14H24N4S. The van der Waals surface area contributed by atoms with Gasteiger partial charge in [-0.3, -0.25) is 0 Å². The van der Waals surface area contributed by atoms with Gasteiger partial charge in [0.1, 0.15) is 18.0 Å². The van der Waals surface area contributed by atoms with Crippen LogP contribution in [0.3, 0.4) is 0 Å². The van der Waals surface area contributed by atoms with Crippen LogP contribution < -0.4 is 10.2 Å². The molecule has 2 rings (SSSR count). The molecule has 1 N–H and O–H groups in total. The molecule has 0 amide bonds. The Balaban J connectivity index is 2.24. The van der Waals surface area contributed by atoms with E-state index < -0.39 is 0 Å². The van der Waals surface area contributed by atoms with E-state index in [0.717, 1.165) is 50.5 Å². The Morgan fingerprint density at radius 1 is 1.21 bits per heavy atom. The molecule has 1 aliphatic heterocycles. The lowest BCUT2D eigenvalue weighted by Gasteiger charge is -2.29. The van der Waals surface area contributed by atoms with E-state index in [1.807, 2.05) is 11.8 Å². The van der Waals surface area contributed by atoms with Crippen LogP contribution in [0.1, 0.15) is 32.3 Å². The second-order valence-corrected chi connectivity index (χ2v) is 6.03. The summed E-state index contributed by atoms with van der Waals surface area (Å²) in [5, 5.41) is 3.44. The molecule has 4 nitrogen and oxygen atoms in total. The predicted octanol–water partition coefficient (Wildman–Crippen LogP) is 2.80. The molecule has 106 valence electrons. The van der Waals surface area contributed by atoms with Crippen molar-refractivity contribution in [3.8, 4) is 0 Å². The van der Waals surface area contributed by atoms with Crippen molar-refractivity contribution in [2.45, 2.75) is 33.1 Å². The number of thioether (sulfide) groups is 1. The summed E-state index contributed by atoms with van der Waals surface area (Å²) in [5.41, 5.74) is 1.30. The molecular weight excluding hydrogens is 256 g/mol. The Bertz CT molecular complexity index is 391. The molecule has 0 spiro atoms. The Hall–Kier alpha value is -0.970. The van der Waals surface area contributed by atoms with E-state index in [0.29, 0.717) is 0 Å². The van der Waals surface area contributed by atoms with E-state index >= 15 is 0 Å². The molecule has 1 aliphatic rings. The fourth-order valence-corrected chi connectivity index (χ4v) is 3.23. The van der Waals surface area contributed by atoms with Crippen molar-refractivity contribution in [1.82, 2.24) is 9.97 Å². The average Bonchev–Trinajstić information content (AvgIpc) is 2.47. The first kappa shape index (κ1) is 14.4. The number of rotatable bonds is 6. The summed E-state index contributed by atoms with van der Waals surface area (Å²) in [4.78, 5) is 11.4. The first-order valence-electron chi connectivity index (χ1n) is 7.27. The Labute approximate surface area is 120 Å². The van der Waals surface area contributed by atoms with Crippen molar-refractivity contribution in [3.63, 3.8) is 0 Å². The lowest BCUT2D eigenvalue weighted by Crippen LogP contribution is -2.34. The van der Waals surface area contributed by atoms with Crippen LogP contribution in [0, 0.1) is 0 Å². The lowest BCUT2D eigenvalue weighted by atomic mass is 10.1. The topological polar surface area (TPSA) is 41.1 Å². The number of nitrogens with zero attached hydrogens (tertiary/aromatic N) is 3. The summed E-state index contributed by atoms with van der Waals surface area (Å²) in [6.07, 6.45) is 5.00. The molecule has 1 saturated heterocycles. The molecule has 0 aliphatic carbocycles. The Morgan fingerprint density at radius 3 is 2.68 bits per heavy atom. The molecule has 5 heteroatoms. The second kappa shape index (κ2) is 7.58. The molecule has 1 fully saturated rings. The van der Waals surface area contributed by atoms with Gasteiger partial charge in [-0.15, -0.1) is 0 Å². The minimum atomic E-state index is 0.975. The van der Waals surface area contributed by atoms with Crippen LogP contribution in [-0.4, -0.2) is 41.1 Å². The van der Waals surface area contributed by atoms with E-state index in [2.05, 4.69) is 34.0 Å². The molecule has 0 bridgehead atoms. The minimum Gasteiger partial charge on any atom is -0.370 e. The summed E-state index contributed by atoms with van der Waals surface area (Å²) >= 11 is 2.03. The third-order valence-electron chi connectivity index (χ3n) is 3.28. The van der Waals surface area contributed by atoms with Crippen molar-refractivity contribution in [1.29, 1.82) is 0 Å². The highest BCUT2D eigenvalue weighted by molar-refractivity contribution is 7.99. The third-order valence-corrected chi connectivity index (χ3v) is 4.22. The van der Waals surface area contributed by atoms with Crippen LogP contribution in [0.5, 0.6) is 0 Å².